The molecule has 1 nitrogen and oxygen atoms in total. The first-order chi connectivity index (χ1) is 9.83. The molecule has 1 aliphatic rings. The molecule has 0 aliphatic heterocycles. The number of hydrogen-bond acceptors (Lipinski definition) is 1. The summed E-state index contributed by atoms with van der Waals surface area (Å²) >= 11 is 0. The van der Waals surface area contributed by atoms with Crippen LogP contribution in [0.3, 0.4) is 0 Å². The van der Waals surface area contributed by atoms with Crippen LogP contribution in [0.4, 0.5) is 0 Å². The van der Waals surface area contributed by atoms with Crippen molar-refractivity contribution in [1.82, 2.24) is 0 Å². The van der Waals surface area contributed by atoms with Gasteiger partial charge < -0.3 is 4.43 Å². The molecule has 0 saturated carbocycles. The van der Waals surface area contributed by atoms with Crippen LogP contribution in [0.15, 0.2) is 42.2 Å². The van der Waals surface area contributed by atoms with Gasteiger partial charge in [0.05, 0.1) is 5.76 Å². The smallest absolute Gasteiger partial charge is 0.241 e. The van der Waals surface area contributed by atoms with Crippen LogP contribution in [0, 0.1) is 11.8 Å². The van der Waals surface area contributed by atoms with E-state index >= 15 is 0 Å². The third kappa shape index (κ3) is 5.35. The summed E-state index contributed by atoms with van der Waals surface area (Å²) in [6.45, 7) is 11.5. The summed E-state index contributed by atoms with van der Waals surface area (Å²) in [6.07, 6.45) is 6.08. The molecule has 0 saturated heterocycles. The highest BCUT2D eigenvalue weighted by molar-refractivity contribution is 6.70. The highest BCUT2D eigenvalue weighted by Crippen LogP contribution is 2.35. The largest absolute Gasteiger partial charge is 0.548 e. The summed E-state index contributed by atoms with van der Waals surface area (Å²) in [5.41, 5.74) is 1.46. The van der Waals surface area contributed by atoms with Crippen LogP contribution in [0.2, 0.25) is 19.6 Å². The first kappa shape index (κ1) is 16.3. The Morgan fingerprint density at radius 1 is 1.19 bits per heavy atom. The van der Waals surface area contributed by atoms with Gasteiger partial charge in [0.2, 0.25) is 8.32 Å². The Morgan fingerprint density at radius 3 is 2.48 bits per heavy atom. The maximum atomic E-state index is 6.27. The van der Waals surface area contributed by atoms with Crippen molar-refractivity contribution in [3.05, 3.63) is 47.7 Å². The average molecular weight is 303 g/mol. The fraction of sp³-hybridized carbons (Fsp3) is 0.579. The molecular weight excluding hydrogens is 272 g/mol. The second-order valence-electron chi connectivity index (χ2n) is 7.70. The van der Waals surface area contributed by atoms with Crippen LogP contribution in [0.1, 0.15) is 44.6 Å². The van der Waals surface area contributed by atoms with E-state index in [4.69, 9.17) is 4.43 Å². The van der Waals surface area contributed by atoms with E-state index in [1.807, 2.05) is 0 Å². The van der Waals surface area contributed by atoms with Gasteiger partial charge in [0.15, 0.2) is 0 Å². The molecule has 0 radical (unpaired) electrons. The zero-order valence-corrected chi connectivity index (χ0v) is 15.2. The molecule has 0 bridgehead atoms. The first-order valence-corrected chi connectivity index (χ1v) is 11.7. The molecule has 2 heteroatoms. The van der Waals surface area contributed by atoms with Gasteiger partial charge in [-0.1, -0.05) is 44.2 Å². The molecule has 116 valence electrons. The van der Waals surface area contributed by atoms with Crippen LogP contribution >= 0.6 is 0 Å². The summed E-state index contributed by atoms with van der Waals surface area (Å²) in [4.78, 5) is 0. The zero-order valence-electron chi connectivity index (χ0n) is 14.2. The van der Waals surface area contributed by atoms with Crippen LogP contribution in [-0.2, 0) is 4.43 Å². The van der Waals surface area contributed by atoms with Gasteiger partial charge in [-0.15, -0.1) is 0 Å². The number of allylic oxidation sites excluding steroid dienone is 2. The van der Waals surface area contributed by atoms with E-state index in [-0.39, 0.29) is 0 Å². The van der Waals surface area contributed by atoms with Crippen molar-refractivity contribution in [2.45, 2.75) is 58.7 Å². The van der Waals surface area contributed by atoms with E-state index in [2.05, 4.69) is 69.9 Å². The van der Waals surface area contributed by atoms with Crippen LogP contribution in [-0.4, -0.2) is 8.32 Å². The van der Waals surface area contributed by atoms with Crippen molar-refractivity contribution in [3.63, 3.8) is 0 Å². The van der Waals surface area contributed by atoms with E-state index in [0.717, 1.165) is 12.3 Å². The molecule has 1 aromatic carbocycles. The van der Waals surface area contributed by atoms with Gasteiger partial charge in [0.1, 0.15) is 0 Å². The Morgan fingerprint density at radius 2 is 1.86 bits per heavy atom. The minimum Gasteiger partial charge on any atom is -0.548 e. The molecule has 0 heterocycles. The molecular formula is C19H30OSi. The quantitative estimate of drug-likeness (QED) is 0.610. The molecule has 1 unspecified atom stereocenters. The summed E-state index contributed by atoms with van der Waals surface area (Å²) < 4.78 is 6.27. The SMILES string of the molecule is C[C@H]1CC(O[Si](C)(C)C)=CC(C[C@@H](C)c2ccccc2)C1. The Kier molecular flexibility index (Phi) is 5.31. The maximum Gasteiger partial charge on any atom is 0.241 e. The fourth-order valence-corrected chi connectivity index (χ4v) is 4.29. The predicted molar refractivity (Wildman–Crippen MR) is 93.9 cm³/mol. The van der Waals surface area contributed by atoms with Gasteiger partial charge in [-0.05, 0) is 61.9 Å². The van der Waals surface area contributed by atoms with E-state index in [1.165, 1.54) is 24.2 Å². The van der Waals surface area contributed by atoms with Crippen molar-refractivity contribution in [2.24, 2.45) is 11.8 Å². The first-order valence-electron chi connectivity index (χ1n) is 8.28. The van der Waals surface area contributed by atoms with Crippen molar-refractivity contribution in [1.29, 1.82) is 0 Å². The van der Waals surface area contributed by atoms with Gasteiger partial charge in [-0.2, -0.15) is 0 Å². The summed E-state index contributed by atoms with van der Waals surface area (Å²) in [5, 5.41) is 0. The second kappa shape index (κ2) is 6.82. The standard InChI is InChI=1S/C19H30OSi/c1-15-11-17(14-19(12-15)20-21(3,4)5)13-16(2)18-9-7-6-8-10-18/h6-10,14-17H,11-13H2,1-5H3/t15-,16-,17?/m1/s1. The Balaban J connectivity index is 2.03. The van der Waals surface area contributed by atoms with Crippen LogP contribution in [0.5, 0.6) is 0 Å². The van der Waals surface area contributed by atoms with Crippen molar-refractivity contribution >= 4 is 8.32 Å². The lowest BCUT2D eigenvalue weighted by Gasteiger charge is -2.31. The molecule has 0 fully saturated rings. The Bertz CT molecular complexity index is 472. The summed E-state index contributed by atoms with van der Waals surface area (Å²) in [6, 6.07) is 10.9. The maximum absolute atomic E-state index is 6.27. The zero-order chi connectivity index (χ0) is 15.5. The minimum atomic E-state index is -1.48. The molecule has 2 rings (SSSR count). The lowest BCUT2D eigenvalue weighted by atomic mass is 9.80. The number of hydrogen-bond donors (Lipinski definition) is 0. The lowest BCUT2D eigenvalue weighted by Crippen LogP contribution is -2.27. The van der Waals surface area contributed by atoms with Gasteiger partial charge in [-0.25, -0.2) is 0 Å². The predicted octanol–water partition coefficient (Wildman–Crippen LogP) is 5.96. The molecule has 1 aromatic rings. The molecule has 0 spiro atoms. The fourth-order valence-electron chi connectivity index (χ4n) is 3.35. The minimum absolute atomic E-state index is 0.617. The topological polar surface area (TPSA) is 9.23 Å². The highest BCUT2D eigenvalue weighted by atomic mass is 28.4. The molecule has 0 N–H and O–H groups in total. The van der Waals surface area contributed by atoms with E-state index < -0.39 is 8.32 Å². The lowest BCUT2D eigenvalue weighted by molar-refractivity contribution is 0.299. The molecule has 21 heavy (non-hydrogen) atoms. The van der Waals surface area contributed by atoms with Crippen molar-refractivity contribution < 1.29 is 4.43 Å². The Hall–Kier alpha value is -1.02. The normalized spacial score (nSPS) is 24.3. The highest BCUT2D eigenvalue weighted by Gasteiger charge is 2.25. The van der Waals surface area contributed by atoms with E-state index in [0.29, 0.717) is 11.8 Å². The van der Waals surface area contributed by atoms with Crippen molar-refractivity contribution in [2.75, 3.05) is 0 Å². The Labute approximate surface area is 131 Å². The van der Waals surface area contributed by atoms with Crippen LogP contribution in [0.25, 0.3) is 0 Å². The molecule has 0 amide bonds. The van der Waals surface area contributed by atoms with Gasteiger partial charge in [-0.3, -0.25) is 0 Å². The summed E-state index contributed by atoms with van der Waals surface area (Å²) in [7, 11) is -1.48. The van der Waals surface area contributed by atoms with Gasteiger partial charge >= 0.3 is 0 Å². The monoisotopic (exact) mass is 302 g/mol. The van der Waals surface area contributed by atoms with E-state index in [1.54, 1.807) is 0 Å². The molecule has 3 atom stereocenters. The number of rotatable bonds is 5. The second-order valence-corrected chi connectivity index (χ2v) is 12.1. The molecule has 0 aromatic heterocycles. The van der Waals surface area contributed by atoms with Gasteiger partial charge in [0.25, 0.3) is 0 Å². The average Bonchev–Trinajstić information content (AvgIpc) is 2.36. The van der Waals surface area contributed by atoms with E-state index in [9.17, 15) is 0 Å². The van der Waals surface area contributed by atoms with Crippen molar-refractivity contribution in [3.8, 4) is 0 Å². The number of benzene rings is 1. The van der Waals surface area contributed by atoms with Gasteiger partial charge in [0, 0.05) is 6.42 Å². The third-order valence-electron chi connectivity index (χ3n) is 4.14. The molecule has 1 aliphatic carbocycles. The van der Waals surface area contributed by atoms with Crippen LogP contribution < -0.4 is 0 Å². The summed E-state index contributed by atoms with van der Waals surface area (Å²) in [5.74, 6) is 3.29. The third-order valence-corrected chi connectivity index (χ3v) is 5.01.